The molecule has 0 saturated heterocycles. The van der Waals surface area contributed by atoms with Gasteiger partial charge in [0.1, 0.15) is 5.82 Å². The Morgan fingerprint density at radius 3 is 2.13 bits per heavy atom. The topological polar surface area (TPSA) is 149 Å². The normalized spacial score (nSPS) is 11.2. The van der Waals surface area contributed by atoms with Crippen LogP contribution in [0.3, 0.4) is 0 Å². The summed E-state index contributed by atoms with van der Waals surface area (Å²) in [5.74, 6) is 0.835. The second-order valence-electron chi connectivity index (χ2n) is 6.51. The summed E-state index contributed by atoms with van der Waals surface area (Å²) < 4.78 is 46.0. The van der Waals surface area contributed by atoms with Crippen LogP contribution in [-0.2, 0) is 16.5 Å². The smallest absolute Gasteiger partial charge is 0.310 e. The largest absolute Gasteiger partial charge is 0.493 e. The predicted molar refractivity (Wildman–Crippen MR) is 114 cm³/mol. The average molecular weight is 441 g/mol. The lowest BCUT2D eigenvalue weighted by Crippen LogP contribution is -2.17. The number of rotatable bonds is 11. The molecule has 0 aliphatic carbocycles. The molecular formula is C19H28N4O6S. The zero-order valence-corrected chi connectivity index (χ0v) is 18.4. The lowest BCUT2D eigenvalue weighted by molar-refractivity contribution is 0.324. The number of hydrogen-bond acceptors (Lipinski definition) is 10. The first kappa shape index (κ1) is 23.3. The van der Waals surface area contributed by atoms with E-state index in [-0.39, 0.29) is 35.4 Å². The molecule has 166 valence electrons. The average Bonchev–Trinajstić information content (AvgIpc) is 2.69. The number of aromatic nitrogens is 2. The predicted octanol–water partition coefficient (Wildman–Crippen LogP) is 2.16. The van der Waals surface area contributed by atoms with Crippen LogP contribution in [0.25, 0.3) is 0 Å². The summed E-state index contributed by atoms with van der Waals surface area (Å²) in [6.07, 6.45) is 2.30. The summed E-state index contributed by atoms with van der Waals surface area (Å²) in [4.78, 5) is 7.90. The Labute approximate surface area is 176 Å². The first-order valence-corrected chi connectivity index (χ1v) is 10.9. The van der Waals surface area contributed by atoms with Crippen LogP contribution in [0.2, 0.25) is 0 Å². The highest BCUT2D eigenvalue weighted by atomic mass is 32.2. The number of nitrogen functional groups attached to an aromatic ring is 2. The number of ether oxygens (including phenoxy) is 3. The fourth-order valence-electron chi connectivity index (χ4n) is 2.86. The van der Waals surface area contributed by atoms with E-state index >= 15 is 0 Å². The Morgan fingerprint density at radius 1 is 0.967 bits per heavy atom. The van der Waals surface area contributed by atoms with Gasteiger partial charge in [-0.2, -0.15) is 18.4 Å². The van der Waals surface area contributed by atoms with Crippen molar-refractivity contribution in [1.82, 2.24) is 9.97 Å². The molecule has 1 heterocycles. The van der Waals surface area contributed by atoms with Crippen LogP contribution in [0, 0.1) is 0 Å². The highest BCUT2D eigenvalue weighted by molar-refractivity contribution is 7.87. The quantitative estimate of drug-likeness (QED) is 0.393. The molecule has 0 atom stereocenters. The van der Waals surface area contributed by atoms with Crippen LogP contribution < -0.4 is 29.9 Å². The molecule has 0 aliphatic heterocycles. The lowest BCUT2D eigenvalue weighted by Gasteiger charge is -2.16. The highest BCUT2D eigenvalue weighted by Crippen LogP contribution is 2.39. The van der Waals surface area contributed by atoms with Crippen LogP contribution in [0.1, 0.15) is 37.3 Å². The molecule has 0 saturated carbocycles. The number of nitrogens with two attached hydrogens (primary N) is 2. The zero-order valence-electron chi connectivity index (χ0n) is 17.6. The van der Waals surface area contributed by atoms with Gasteiger partial charge in [-0.3, -0.25) is 0 Å². The molecule has 0 unspecified atom stereocenters. The van der Waals surface area contributed by atoms with Gasteiger partial charge in [0, 0.05) is 6.42 Å². The van der Waals surface area contributed by atoms with Gasteiger partial charge in [0.25, 0.3) is 0 Å². The second-order valence-corrected chi connectivity index (χ2v) is 8.20. The van der Waals surface area contributed by atoms with E-state index in [1.807, 2.05) is 6.92 Å². The van der Waals surface area contributed by atoms with Crippen molar-refractivity contribution in [1.29, 1.82) is 0 Å². The number of nitrogens with zero attached hydrogens (tertiary/aromatic N) is 2. The molecule has 4 N–H and O–H groups in total. The first-order valence-electron chi connectivity index (χ1n) is 9.37. The molecule has 0 aliphatic rings. The number of unbranched alkanes of at least 4 members (excludes halogenated alkanes) is 2. The Balaban J connectivity index is 2.43. The number of methoxy groups -OCH3 is 3. The van der Waals surface area contributed by atoms with Crippen molar-refractivity contribution >= 4 is 21.9 Å². The zero-order chi connectivity index (χ0) is 22.3. The summed E-state index contributed by atoms with van der Waals surface area (Å²) in [6.45, 7) is 1.98. The number of benzene rings is 1. The minimum atomic E-state index is -3.86. The van der Waals surface area contributed by atoms with Crippen molar-refractivity contribution in [3.63, 3.8) is 0 Å². The highest BCUT2D eigenvalue weighted by Gasteiger charge is 2.22. The molecule has 0 amide bonds. The van der Waals surface area contributed by atoms with E-state index in [2.05, 4.69) is 9.97 Å². The van der Waals surface area contributed by atoms with Gasteiger partial charge in [0.2, 0.25) is 17.6 Å². The molecule has 1 aromatic carbocycles. The van der Waals surface area contributed by atoms with Crippen molar-refractivity contribution in [3.05, 3.63) is 23.3 Å². The molecule has 0 spiro atoms. The Bertz CT molecular complexity index is 956. The summed E-state index contributed by atoms with van der Waals surface area (Å²) in [7, 11) is 0.637. The van der Waals surface area contributed by atoms with E-state index < -0.39 is 10.1 Å². The van der Waals surface area contributed by atoms with Crippen LogP contribution >= 0.6 is 0 Å². The van der Waals surface area contributed by atoms with Crippen LogP contribution in [0.15, 0.2) is 12.1 Å². The third-order valence-electron chi connectivity index (χ3n) is 4.33. The maximum Gasteiger partial charge on any atom is 0.310 e. The fourth-order valence-corrected chi connectivity index (χ4v) is 3.88. The molecule has 2 aromatic rings. The molecule has 30 heavy (non-hydrogen) atoms. The van der Waals surface area contributed by atoms with Crippen molar-refractivity contribution in [2.45, 2.75) is 32.6 Å². The van der Waals surface area contributed by atoms with Gasteiger partial charge in [-0.05, 0) is 24.1 Å². The van der Waals surface area contributed by atoms with Crippen LogP contribution in [-0.4, -0.2) is 45.5 Å². The molecule has 0 bridgehead atoms. The summed E-state index contributed by atoms with van der Waals surface area (Å²) >= 11 is 0. The maximum absolute atomic E-state index is 12.4. The Hall–Kier alpha value is -2.95. The van der Waals surface area contributed by atoms with Gasteiger partial charge in [-0.25, -0.2) is 0 Å². The number of anilines is 2. The van der Waals surface area contributed by atoms with Gasteiger partial charge in [-0.15, -0.1) is 0 Å². The minimum absolute atomic E-state index is 0.0232. The van der Waals surface area contributed by atoms with Crippen molar-refractivity contribution in [3.8, 4) is 23.1 Å². The fraction of sp³-hybridized carbons (Fsp3) is 0.474. The second kappa shape index (κ2) is 10.2. The first-order chi connectivity index (χ1) is 14.2. The van der Waals surface area contributed by atoms with Gasteiger partial charge in [-0.1, -0.05) is 19.8 Å². The maximum atomic E-state index is 12.4. The third-order valence-corrected chi connectivity index (χ3v) is 5.53. The molecular weight excluding hydrogens is 412 g/mol. The SMILES string of the molecule is CCCCCS(=O)(=O)Oc1nc(N)nc(N)c1Cc1cc(OC)c(OC)c(OC)c1. The summed E-state index contributed by atoms with van der Waals surface area (Å²) in [5, 5.41) is 0. The Kier molecular flexibility index (Phi) is 7.93. The van der Waals surface area contributed by atoms with E-state index in [9.17, 15) is 8.42 Å². The lowest BCUT2D eigenvalue weighted by atomic mass is 10.0. The molecule has 0 fully saturated rings. The van der Waals surface area contributed by atoms with E-state index in [0.717, 1.165) is 12.8 Å². The molecule has 2 rings (SSSR count). The van der Waals surface area contributed by atoms with E-state index in [1.54, 1.807) is 12.1 Å². The molecule has 0 radical (unpaired) electrons. The van der Waals surface area contributed by atoms with Crippen LogP contribution in [0.4, 0.5) is 11.8 Å². The van der Waals surface area contributed by atoms with Gasteiger partial charge < -0.3 is 29.9 Å². The molecule has 10 nitrogen and oxygen atoms in total. The Morgan fingerprint density at radius 2 is 1.60 bits per heavy atom. The van der Waals surface area contributed by atoms with E-state index in [0.29, 0.717) is 29.2 Å². The van der Waals surface area contributed by atoms with Crippen molar-refractivity contribution in [2.24, 2.45) is 0 Å². The number of hydrogen-bond donors (Lipinski definition) is 2. The van der Waals surface area contributed by atoms with E-state index in [1.165, 1.54) is 21.3 Å². The van der Waals surface area contributed by atoms with E-state index in [4.69, 9.17) is 29.9 Å². The monoisotopic (exact) mass is 440 g/mol. The standard InChI is InChI=1S/C19H28N4O6S/c1-5-6-7-8-30(24,25)29-18-13(17(20)22-19(21)23-18)9-12-10-14(26-2)16(28-4)15(11-12)27-3/h10-11H,5-9H2,1-4H3,(H4,20,21,22,23). The van der Waals surface area contributed by atoms with Crippen molar-refractivity contribution in [2.75, 3.05) is 38.5 Å². The minimum Gasteiger partial charge on any atom is -0.493 e. The van der Waals surface area contributed by atoms with Crippen molar-refractivity contribution < 1.29 is 26.8 Å². The molecule has 1 aromatic heterocycles. The third kappa shape index (κ3) is 5.78. The molecule has 11 heteroatoms. The van der Waals surface area contributed by atoms with Gasteiger partial charge in [0.15, 0.2) is 11.5 Å². The summed E-state index contributed by atoms with van der Waals surface area (Å²) in [5.41, 5.74) is 12.7. The van der Waals surface area contributed by atoms with Gasteiger partial charge in [0.05, 0.1) is 32.6 Å². The van der Waals surface area contributed by atoms with Crippen LogP contribution in [0.5, 0.6) is 23.1 Å². The van der Waals surface area contributed by atoms with Gasteiger partial charge >= 0.3 is 10.1 Å². The summed E-state index contributed by atoms with van der Waals surface area (Å²) in [6, 6.07) is 3.44.